The minimum Gasteiger partial charge on any atom is -0.364 e. The highest BCUT2D eigenvalue weighted by molar-refractivity contribution is 7.19. The number of amides is 2. The largest absolute Gasteiger partial charge is 0.364 e. The molecule has 2 rings (SSSR count). The van der Waals surface area contributed by atoms with Gasteiger partial charge in [-0.3, -0.25) is 9.59 Å². The van der Waals surface area contributed by atoms with E-state index in [0.29, 0.717) is 10.8 Å². The van der Waals surface area contributed by atoms with E-state index in [1.165, 1.54) is 29.6 Å². The van der Waals surface area contributed by atoms with Crippen molar-refractivity contribution in [2.24, 2.45) is 5.73 Å². The number of hydrogen-bond acceptors (Lipinski definition) is 6. The molecule has 0 fully saturated rings. The van der Waals surface area contributed by atoms with Crippen molar-refractivity contribution in [3.63, 3.8) is 0 Å². The van der Waals surface area contributed by atoms with Gasteiger partial charge in [-0.2, -0.15) is 0 Å². The van der Waals surface area contributed by atoms with Crippen LogP contribution in [-0.4, -0.2) is 21.8 Å². The van der Waals surface area contributed by atoms with Crippen molar-refractivity contribution < 1.29 is 9.59 Å². The summed E-state index contributed by atoms with van der Waals surface area (Å²) < 4.78 is 0. The summed E-state index contributed by atoms with van der Waals surface area (Å²) in [4.78, 5) is 31.1. The lowest BCUT2D eigenvalue weighted by atomic mass is 10.3. The number of nitrogens with two attached hydrogens (primary N) is 1. The van der Waals surface area contributed by atoms with E-state index in [-0.39, 0.29) is 10.9 Å². The van der Waals surface area contributed by atoms with Gasteiger partial charge in [0, 0.05) is 12.3 Å². The maximum atomic E-state index is 11.0. The number of thiazole rings is 2. The SMILES string of the molecule is CC(=O)Nc1nc(C)c(-c2csc(C(N)=O)n2)s1. The first-order valence-corrected chi connectivity index (χ1v) is 6.67. The zero-order chi connectivity index (χ0) is 13.3. The third-order valence-electron chi connectivity index (χ3n) is 2.03. The predicted molar refractivity (Wildman–Crippen MR) is 70.8 cm³/mol. The molecule has 0 aliphatic heterocycles. The monoisotopic (exact) mass is 282 g/mol. The summed E-state index contributed by atoms with van der Waals surface area (Å²) in [5.74, 6) is -0.720. The van der Waals surface area contributed by atoms with Gasteiger partial charge in [0.2, 0.25) is 5.91 Å². The van der Waals surface area contributed by atoms with Gasteiger partial charge in [-0.1, -0.05) is 11.3 Å². The molecule has 6 nitrogen and oxygen atoms in total. The minimum atomic E-state index is -0.546. The summed E-state index contributed by atoms with van der Waals surface area (Å²) in [6, 6.07) is 0. The molecular formula is C10H10N4O2S2. The minimum absolute atomic E-state index is 0.175. The second kappa shape index (κ2) is 4.83. The Labute approximate surface area is 111 Å². The smallest absolute Gasteiger partial charge is 0.277 e. The highest BCUT2D eigenvalue weighted by Gasteiger charge is 2.15. The summed E-state index contributed by atoms with van der Waals surface area (Å²) in [5.41, 5.74) is 6.56. The average molecular weight is 282 g/mol. The molecular weight excluding hydrogens is 272 g/mol. The number of nitrogens with zero attached hydrogens (tertiary/aromatic N) is 2. The molecule has 2 aromatic heterocycles. The summed E-state index contributed by atoms with van der Waals surface area (Å²) in [5, 5.41) is 5.15. The molecule has 94 valence electrons. The predicted octanol–water partition coefficient (Wildman–Crippen LogP) is 1.63. The first-order valence-electron chi connectivity index (χ1n) is 4.98. The molecule has 0 bridgehead atoms. The Morgan fingerprint density at radius 1 is 1.39 bits per heavy atom. The third kappa shape index (κ3) is 2.54. The summed E-state index contributed by atoms with van der Waals surface area (Å²) >= 11 is 2.51. The van der Waals surface area contributed by atoms with Crippen molar-refractivity contribution in [2.45, 2.75) is 13.8 Å². The van der Waals surface area contributed by atoms with E-state index in [2.05, 4.69) is 15.3 Å². The summed E-state index contributed by atoms with van der Waals surface area (Å²) in [6.45, 7) is 3.24. The van der Waals surface area contributed by atoms with Crippen molar-refractivity contribution in [3.05, 3.63) is 16.1 Å². The highest BCUT2D eigenvalue weighted by atomic mass is 32.1. The molecule has 8 heteroatoms. The Kier molecular flexibility index (Phi) is 3.39. The molecule has 3 N–H and O–H groups in total. The molecule has 0 aromatic carbocycles. The number of aryl methyl sites for hydroxylation is 1. The van der Waals surface area contributed by atoms with Crippen LogP contribution in [0.15, 0.2) is 5.38 Å². The molecule has 0 atom stereocenters. The number of nitrogens with one attached hydrogen (secondary N) is 1. The Morgan fingerprint density at radius 2 is 2.11 bits per heavy atom. The zero-order valence-electron chi connectivity index (χ0n) is 9.68. The van der Waals surface area contributed by atoms with Gasteiger partial charge in [0.05, 0.1) is 16.3 Å². The highest BCUT2D eigenvalue weighted by Crippen LogP contribution is 2.33. The quantitative estimate of drug-likeness (QED) is 0.894. The standard InChI is InChI=1S/C10H10N4O2S2/c1-4-7(18-10(12-4)13-5(2)15)6-3-17-9(14-6)8(11)16/h3H,1-2H3,(H2,11,16)(H,12,13,15). The molecule has 2 heterocycles. The van der Waals surface area contributed by atoms with Gasteiger partial charge >= 0.3 is 0 Å². The number of primary amides is 1. The van der Waals surface area contributed by atoms with Crippen LogP contribution in [0.3, 0.4) is 0 Å². The van der Waals surface area contributed by atoms with Gasteiger partial charge in [0.15, 0.2) is 10.1 Å². The van der Waals surface area contributed by atoms with E-state index in [9.17, 15) is 9.59 Å². The van der Waals surface area contributed by atoms with Crippen molar-refractivity contribution in [3.8, 4) is 10.6 Å². The summed E-state index contributed by atoms with van der Waals surface area (Å²) in [6.07, 6.45) is 0. The second-order valence-corrected chi connectivity index (χ2v) is 5.37. The fourth-order valence-corrected chi connectivity index (χ4v) is 3.04. The number of carbonyl (C=O) groups excluding carboxylic acids is 2. The van der Waals surface area contributed by atoms with Crippen LogP contribution in [-0.2, 0) is 4.79 Å². The maximum absolute atomic E-state index is 11.0. The fourth-order valence-electron chi connectivity index (χ4n) is 1.33. The van der Waals surface area contributed by atoms with Crippen molar-refractivity contribution >= 4 is 39.6 Å². The van der Waals surface area contributed by atoms with Crippen LogP contribution in [0.25, 0.3) is 10.6 Å². The molecule has 18 heavy (non-hydrogen) atoms. The van der Waals surface area contributed by atoms with Crippen LogP contribution < -0.4 is 11.1 Å². The Balaban J connectivity index is 2.34. The van der Waals surface area contributed by atoms with Crippen LogP contribution in [0.1, 0.15) is 22.4 Å². The Morgan fingerprint density at radius 3 is 2.67 bits per heavy atom. The van der Waals surface area contributed by atoms with Gasteiger partial charge in [0.1, 0.15) is 0 Å². The van der Waals surface area contributed by atoms with Crippen molar-refractivity contribution in [2.75, 3.05) is 5.32 Å². The Hall–Kier alpha value is -1.80. The first kappa shape index (κ1) is 12.7. The van der Waals surface area contributed by atoms with E-state index in [1.807, 2.05) is 6.92 Å². The van der Waals surface area contributed by atoms with Crippen LogP contribution in [0.2, 0.25) is 0 Å². The van der Waals surface area contributed by atoms with Gasteiger partial charge in [0.25, 0.3) is 5.91 Å². The second-order valence-electron chi connectivity index (χ2n) is 3.52. The van der Waals surface area contributed by atoms with Crippen LogP contribution in [0.5, 0.6) is 0 Å². The molecule has 2 amide bonds. The van der Waals surface area contributed by atoms with Crippen molar-refractivity contribution in [1.29, 1.82) is 0 Å². The zero-order valence-corrected chi connectivity index (χ0v) is 11.3. The number of hydrogen-bond donors (Lipinski definition) is 2. The molecule has 0 spiro atoms. The van der Waals surface area contributed by atoms with Gasteiger partial charge < -0.3 is 11.1 Å². The summed E-state index contributed by atoms with van der Waals surface area (Å²) in [7, 11) is 0. The molecule has 0 aliphatic carbocycles. The van der Waals surface area contributed by atoms with Gasteiger partial charge in [-0.05, 0) is 6.92 Å². The molecule has 2 aromatic rings. The number of anilines is 1. The van der Waals surface area contributed by atoms with Crippen LogP contribution in [0.4, 0.5) is 5.13 Å². The van der Waals surface area contributed by atoms with Crippen molar-refractivity contribution in [1.82, 2.24) is 9.97 Å². The van der Waals surface area contributed by atoms with E-state index in [4.69, 9.17) is 5.73 Å². The first-order chi connectivity index (χ1) is 8.47. The van der Waals surface area contributed by atoms with E-state index < -0.39 is 5.91 Å². The maximum Gasteiger partial charge on any atom is 0.277 e. The molecule has 0 unspecified atom stereocenters. The Bertz CT molecular complexity index is 617. The van der Waals surface area contributed by atoms with E-state index in [0.717, 1.165) is 10.6 Å². The normalized spacial score (nSPS) is 10.3. The topological polar surface area (TPSA) is 98.0 Å². The van der Waals surface area contributed by atoms with E-state index in [1.54, 1.807) is 5.38 Å². The van der Waals surface area contributed by atoms with Gasteiger partial charge in [-0.25, -0.2) is 9.97 Å². The molecule has 0 saturated carbocycles. The number of rotatable bonds is 3. The molecule has 0 saturated heterocycles. The third-order valence-corrected chi connectivity index (χ3v) is 3.98. The molecule has 0 radical (unpaired) electrons. The average Bonchev–Trinajstić information content (AvgIpc) is 2.83. The number of aromatic nitrogens is 2. The lowest BCUT2D eigenvalue weighted by Crippen LogP contribution is -2.10. The lowest BCUT2D eigenvalue weighted by Gasteiger charge is -1.92. The number of carbonyl (C=O) groups is 2. The molecule has 0 aliphatic rings. The lowest BCUT2D eigenvalue weighted by molar-refractivity contribution is -0.114. The van der Waals surface area contributed by atoms with Gasteiger partial charge in [-0.15, -0.1) is 11.3 Å². The van der Waals surface area contributed by atoms with Crippen LogP contribution in [0, 0.1) is 6.92 Å². The van der Waals surface area contributed by atoms with Crippen LogP contribution >= 0.6 is 22.7 Å². The van der Waals surface area contributed by atoms with E-state index >= 15 is 0 Å². The fraction of sp³-hybridized carbons (Fsp3) is 0.200.